The number of halogens is 3. The van der Waals surface area contributed by atoms with E-state index in [0.717, 1.165) is 18.2 Å². The second-order valence-electron chi connectivity index (χ2n) is 3.35. The SMILES string of the molecule is Nc1ccc(Cl)nc1Nc1cc(F)cc(F)c1. The van der Waals surface area contributed by atoms with E-state index in [2.05, 4.69) is 10.3 Å². The highest BCUT2D eigenvalue weighted by molar-refractivity contribution is 6.29. The molecule has 0 saturated heterocycles. The highest BCUT2D eigenvalue weighted by Crippen LogP contribution is 2.23. The number of nitrogens with one attached hydrogen (secondary N) is 1. The predicted octanol–water partition coefficient (Wildman–Crippen LogP) is 3.34. The number of hydrogen-bond donors (Lipinski definition) is 2. The first-order valence-electron chi connectivity index (χ1n) is 4.70. The van der Waals surface area contributed by atoms with Crippen molar-refractivity contribution in [1.82, 2.24) is 4.98 Å². The van der Waals surface area contributed by atoms with E-state index >= 15 is 0 Å². The molecule has 17 heavy (non-hydrogen) atoms. The third-order valence-corrected chi connectivity index (χ3v) is 2.23. The quantitative estimate of drug-likeness (QED) is 0.809. The number of anilines is 3. The molecule has 2 rings (SSSR count). The van der Waals surface area contributed by atoms with E-state index in [1.165, 1.54) is 6.07 Å². The molecule has 0 atom stereocenters. The molecule has 2 aromatic rings. The molecule has 0 fully saturated rings. The van der Waals surface area contributed by atoms with Gasteiger partial charge < -0.3 is 11.1 Å². The monoisotopic (exact) mass is 255 g/mol. The number of pyridine rings is 1. The Labute approximate surface area is 101 Å². The van der Waals surface area contributed by atoms with Crippen molar-refractivity contribution in [2.75, 3.05) is 11.1 Å². The first-order chi connectivity index (χ1) is 8.04. The molecule has 88 valence electrons. The lowest BCUT2D eigenvalue weighted by atomic mass is 10.3. The average molecular weight is 256 g/mol. The van der Waals surface area contributed by atoms with Crippen LogP contribution in [0.5, 0.6) is 0 Å². The molecule has 6 heteroatoms. The summed E-state index contributed by atoms with van der Waals surface area (Å²) in [4.78, 5) is 3.91. The van der Waals surface area contributed by atoms with Crippen LogP contribution in [0.15, 0.2) is 30.3 Å². The van der Waals surface area contributed by atoms with Crippen molar-refractivity contribution in [1.29, 1.82) is 0 Å². The fraction of sp³-hybridized carbons (Fsp3) is 0. The van der Waals surface area contributed by atoms with Gasteiger partial charge in [0.1, 0.15) is 16.8 Å². The van der Waals surface area contributed by atoms with Crippen LogP contribution in [-0.2, 0) is 0 Å². The molecule has 3 nitrogen and oxygen atoms in total. The smallest absolute Gasteiger partial charge is 0.155 e. The Morgan fingerprint density at radius 1 is 1.12 bits per heavy atom. The van der Waals surface area contributed by atoms with E-state index in [-0.39, 0.29) is 16.7 Å². The second-order valence-corrected chi connectivity index (χ2v) is 3.74. The lowest BCUT2D eigenvalue weighted by Crippen LogP contribution is -2.00. The van der Waals surface area contributed by atoms with Crippen LogP contribution in [0.1, 0.15) is 0 Å². The van der Waals surface area contributed by atoms with Gasteiger partial charge in [0.15, 0.2) is 5.82 Å². The number of rotatable bonds is 2. The van der Waals surface area contributed by atoms with Crippen LogP contribution in [0.4, 0.5) is 26.0 Å². The van der Waals surface area contributed by atoms with Gasteiger partial charge in [0, 0.05) is 11.8 Å². The van der Waals surface area contributed by atoms with Gasteiger partial charge in [0.2, 0.25) is 0 Å². The van der Waals surface area contributed by atoms with Crippen LogP contribution in [0.25, 0.3) is 0 Å². The van der Waals surface area contributed by atoms with Crippen molar-refractivity contribution in [3.05, 3.63) is 47.1 Å². The maximum absolute atomic E-state index is 13.0. The number of hydrogen-bond acceptors (Lipinski definition) is 3. The lowest BCUT2D eigenvalue weighted by Gasteiger charge is -2.08. The first-order valence-corrected chi connectivity index (χ1v) is 5.07. The van der Waals surface area contributed by atoms with Crippen molar-refractivity contribution in [3.63, 3.8) is 0 Å². The molecule has 0 aliphatic carbocycles. The number of nitrogen functional groups attached to an aromatic ring is 1. The summed E-state index contributed by atoms with van der Waals surface area (Å²) in [6.07, 6.45) is 0. The van der Waals surface area contributed by atoms with Gasteiger partial charge in [-0.25, -0.2) is 13.8 Å². The summed E-state index contributed by atoms with van der Waals surface area (Å²) in [5.74, 6) is -1.12. The lowest BCUT2D eigenvalue weighted by molar-refractivity contribution is 0.584. The average Bonchev–Trinajstić information content (AvgIpc) is 2.22. The topological polar surface area (TPSA) is 50.9 Å². The van der Waals surface area contributed by atoms with E-state index in [1.54, 1.807) is 6.07 Å². The maximum atomic E-state index is 13.0. The minimum absolute atomic E-state index is 0.212. The number of nitrogens with zero attached hydrogens (tertiary/aromatic N) is 1. The molecular weight excluding hydrogens is 248 g/mol. The first kappa shape index (κ1) is 11.6. The van der Waals surface area contributed by atoms with Gasteiger partial charge >= 0.3 is 0 Å². The van der Waals surface area contributed by atoms with Crippen molar-refractivity contribution >= 4 is 28.8 Å². The molecule has 1 aromatic carbocycles. The Kier molecular flexibility index (Phi) is 3.10. The Bertz CT molecular complexity index is 540. The van der Waals surface area contributed by atoms with Gasteiger partial charge in [-0.1, -0.05) is 11.6 Å². The molecule has 1 aromatic heterocycles. The zero-order chi connectivity index (χ0) is 12.4. The van der Waals surface area contributed by atoms with Crippen LogP contribution >= 0.6 is 11.6 Å². The molecule has 0 amide bonds. The maximum Gasteiger partial charge on any atom is 0.155 e. The number of aromatic nitrogens is 1. The molecule has 0 bridgehead atoms. The third kappa shape index (κ3) is 2.82. The minimum Gasteiger partial charge on any atom is -0.396 e. The molecule has 0 aliphatic heterocycles. The number of benzene rings is 1. The van der Waals surface area contributed by atoms with Gasteiger partial charge in [0.05, 0.1) is 5.69 Å². The molecule has 0 saturated carbocycles. The van der Waals surface area contributed by atoms with Crippen molar-refractivity contribution in [3.8, 4) is 0 Å². The summed E-state index contributed by atoms with van der Waals surface area (Å²) in [5, 5.41) is 2.93. The fourth-order valence-corrected chi connectivity index (χ4v) is 1.46. The Hall–Kier alpha value is -1.88. The molecule has 3 N–H and O–H groups in total. The standard InChI is InChI=1S/C11H8ClF2N3/c12-10-2-1-9(15)11(17-10)16-8-4-6(13)3-7(14)5-8/h1-5H,15H2,(H,16,17). The van der Waals surface area contributed by atoms with Crippen molar-refractivity contribution in [2.45, 2.75) is 0 Å². The molecule has 0 aliphatic rings. The van der Waals surface area contributed by atoms with Gasteiger partial charge in [-0.3, -0.25) is 0 Å². The largest absolute Gasteiger partial charge is 0.396 e. The van der Waals surface area contributed by atoms with Gasteiger partial charge in [-0.2, -0.15) is 0 Å². The van der Waals surface area contributed by atoms with E-state index < -0.39 is 11.6 Å². The Morgan fingerprint density at radius 3 is 2.41 bits per heavy atom. The molecule has 0 radical (unpaired) electrons. The minimum atomic E-state index is -0.687. The fourth-order valence-electron chi connectivity index (χ4n) is 1.31. The van der Waals surface area contributed by atoms with Crippen molar-refractivity contribution < 1.29 is 8.78 Å². The van der Waals surface area contributed by atoms with E-state index in [9.17, 15) is 8.78 Å². The summed E-state index contributed by atoms with van der Waals surface area (Å²) in [5.41, 5.74) is 6.19. The third-order valence-electron chi connectivity index (χ3n) is 2.02. The summed E-state index contributed by atoms with van der Waals surface area (Å²) in [6, 6.07) is 6.11. The van der Waals surface area contributed by atoms with Gasteiger partial charge in [0.25, 0.3) is 0 Å². The van der Waals surface area contributed by atoms with E-state index in [1.807, 2.05) is 0 Å². The molecule has 1 heterocycles. The normalized spacial score (nSPS) is 10.3. The Morgan fingerprint density at radius 2 is 1.76 bits per heavy atom. The summed E-state index contributed by atoms with van der Waals surface area (Å²) >= 11 is 5.69. The van der Waals surface area contributed by atoms with E-state index in [4.69, 9.17) is 17.3 Å². The molecule has 0 spiro atoms. The Balaban J connectivity index is 2.34. The highest BCUT2D eigenvalue weighted by Gasteiger charge is 2.05. The molecule has 0 unspecified atom stereocenters. The van der Waals surface area contributed by atoms with Crippen LogP contribution in [0.2, 0.25) is 5.15 Å². The molecular formula is C11H8ClF2N3. The van der Waals surface area contributed by atoms with Crippen LogP contribution in [0.3, 0.4) is 0 Å². The summed E-state index contributed by atoms with van der Waals surface area (Å²) in [6.45, 7) is 0. The number of nitrogens with two attached hydrogens (primary N) is 1. The van der Waals surface area contributed by atoms with Gasteiger partial charge in [-0.15, -0.1) is 0 Å². The highest BCUT2D eigenvalue weighted by atomic mass is 35.5. The summed E-state index contributed by atoms with van der Waals surface area (Å²) < 4.78 is 25.9. The zero-order valence-corrected chi connectivity index (χ0v) is 9.30. The summed E-state index contributed by atoms with van der Waals surface area (Å²) in [7, 11) is 0. The zero-order valence-electron chi connectivity index (χ0n) is 8.55. The second kappa shape index (κ2) is 4.55. The van der Waals surface area contributed by atoms with Crippen LogP contribution < -0.4 is 11.1 Å². The van der Waals surface area contributed by atoms with Crippen molar-refractivity contribution in [2.24, 2.45) is 0 Å². The predicted molar refractivity (Wildman–Crippen MR) is 63.3 cm³/mol. The van der Waals surface area contributed by atoms with Crippen LogP contribution in [-0.4, -0.2) is 4.98 Å². The van der Waals surface area contributed by atoms with Gasteiger partial charge in [-0.05, 0) is 24.3 Å². The van der Waals surface area contributed by atoms with Crippen LogP contribution in [0, 0.1) is 11.6 Å². The van der Waals surface area contributed by atoms with E-state index in [0.29, 0.717) is 5.69 Å².